The second-order valence-electron chi connectivity index (χ2n) is 5.82. The lowest BCUT2D eigenvalue weighted by Gasteiger charge is -2.19. The largest absolute Gasteiger partial charge is 0.390 e. The minimum absolute atomic E-state index is 0.328. The molecule has 1 aromatic rings. The van der Waals surface area contributed by atoms with Gasteiger partial charge in [0.1, 0.15) is 0 Å². The van der Waals surface area contributed by atoms with Crippen LogP contribution in [-0.2, 0) is 12.8 Å². The number of hydrogen-bond acceptors (Lipinski definition) is 3. The average Bonchev–Trinajstić information content (AvgIpc) is 2.37. The van der Waals surface area contributed by atoms with E-state index in [1.54, 1.807) is 0 Å². The molecular weight excluding hydrogens is 236 g/mol. The van der Waals surface area contributed by atoms with Crippen molar-refractivity contribution in [2.45, 2.75) is 32.8 Å². The lowest BCUT2D eigenvalue weighted by atomic mass is 10.0. The molecule has 3 heteroatoms. The highest BCUT2D eigenvalue weighted by molar-refractivity contribution is 5.23. The number of likely N-dealkylation sites (N-methyl/N-ethyl adjacent to an activating group) is 1. The van der Waals surface area contributed by atoms with Crippen molar-refractivity contribution in [2.24, 2.45) is 11.7 Å². The summed E-state index contributed by atoms with van der Waals surface area (Å²) in [6, 6.07) is 8.88. The molecule has 1 unspecified atom stereocenters. The molecular formula is C16H28N2O. The number of nitrogens with two attached hydrogens (primary N) is 1. The highest BCUT2D eigenvalue weighted by atomic mass is 16.3. The van der Waals surface area contributed by atoms with Crippen molar-refractivity contribution in [1.82, 2.24) is 4.90 Å². The van der Waals surface area contributed by atoms with Gasteiger partial charge in [-0.3, -0.25) is 0 Å². The van der Waals surface area contributed by atoms with E-state index >= 15 is 0 Å². The van der Waals surface area contributed by atoms with Crippen LogP contribution in [0.4, 0.5) is 0 Å². The minimum Gasteiger partial charge on any atom is -0.390 e. The standard InChI is InChI=1S/C16H28N2O/c1-13(2)10-15-6-4-14(5-7-15)8-9-18(3)12-16(19)11-17/h4-7,13,16,19H,8-12,17H2,1-3H3. The predicted octanol–water partition coefficient (Wildman–Crippen LogP) is 1.68. The third-order valence-corrected chi connectivity index (χ3v) is 3.24. The van der Waals surface area contributed by atoms with E-state index in [0.29, 0.717) is 19.0 Å². The van der Waals surface area contributed by atoms with Gasteiger partial charge in [-0.15, -0.1) is 0 Å². The van der Waals surface area contributed by atoms with Crippen LogP contribution in [0.2, 0.25) is 0 Å². The SMILES string of the molecule is CC(C)Cc1ccc(CCN(C)CC(O)CN)cc1. The van der Waals surface area contributed by atoms with E-state index in [1.807, 2.05) is 7.05 Å². The highest BCUT2D eigenvalue weighted by Gasteiger charge is 2.06. The molecule has 0 amide bonds. The first kappa shape index (κ1) is 16.2. The van der Waals surface area contributed by atoms with Crippen LogP contribution in [0, 0.1) is 5.92 Å². The Kier molecular flexibility index (Phi) is 7.06. The van der Waals surface area contributed by atoms with E-state index in [4.69, 9.17) is 5.73 Å². The van der Waals surface area contributed by atoms with Crippen molar-refractivity contribution in [3.63, 3.8) is 0 Å². The number of rotatable bonds is 8. The molecule has 0 aromatic heterocycles. The zero-order valence-corrected chi connectivity index (χ0v) is 12.5. The van der Waals surface area contributed by atoms with Gasteiger partial charge >= 0.3 is 0 Å². The summed E-state index contributed by atoms with van der Waals surface area (Å²) >= 11 is 0. The summed E-state index contributed by atoms with van der Waals surface area (Å²) in [4.78, 5) is 2.12. The molecule has 0 aliphatic heterocycles. The maximum Gasteiger partial charge on any atom is 0.0788 e. The molecule has 0 aliphatic rings. The molecule has 108 valence electrons. The molecule has 0 saturated heterocycles. The topological polar surface area (TPSA) is 49.5 Å². The summed E-state index contributed by atoms with van der Waals surface area (Å²) in [5, 5.41) is 9.48. The maximum absolute atomic E-state index is 9.48. The summed E-state index contributed by atoms with van der Waals surface area (Å²) in [5.41, 5.74) is 8.16. The summed E-state index contributed by atoms with van der Waals surface area (Å²) in [5.74, 6) is 0.703. The summed E-state index contributed by atoms with van der Waals surface area (Å²) in [6.45, 7) is 6.40. The number of aliphatic hydroxyl groups excluding tert-OH is 1. The third kappa shape index (κ3) is 6.71. The molecule has 0 radical (unpaired) electrons. The van der Waals surface area contributed by atoms with Gasteiger partial charge in [0.05, 0.1) is 6.10 Å². The first-order chi connectivity index (χ1) is 9.01. The molecule has 0 saturated carbocycles. The van der Waals surface area contributed by atoms with Gasteiger partial charge in [-0.1, -0.05) is 38.1 Å². The van der Waals surface area contributed by atoms with Gasteiger partial charge in [0.25, 0.3) is 0 Å². The number of nitrogens with zero attached hydrogens (tertiary/aromatic N) is 1. The molecule has 19 heavy (non-hydrogen) atoms. The van der Waals surface area contributed by atoms with E-state index in [1.165, 1.54) is 11.1 Å². The Morgan fingerprint density at radius 2 is 1.74 bits per heavy atom. The Morgan fingerprint density at radius 1 is 1.16 bits per heavy atom. The quantitative estimate of drug-likeness (QED) is 0.751. The molecule has 0 aliphatic carbocycles. The van der Waals surface area contributed by atoms with Crippen LogP contribution in [0.25, 0.3) is 0 Å². The van der Waals surface area contributed by atoms with Crippen LogP contribution < -0.4 is 5.73 Å². The second-order valence-corrected chi connectivity index (χ2v) is 5.82. The Balaban J connectivity index is 2.37. The van der Waals surface area contributed by atoms with E-state index in [-0.39, 0.29) is 0 Å². The molecule has 1 rings (SSSR count). The third-order valence-electron chi connectivity index (χ3n) is 3.24. The fourth-order valence-corrected chi connectivity index (χ4v) is 2.16. The van der Waals surface area contributed by atoms with Crippen LogP contribution in [0.1, 0.15) is 25.0 Å². The van der Waals surface area contributed by atoms with Crippen LogP contribution in [0.3, 0.4) is 0 Å². The normalized spacial score (nSPS) is 13.2. The van der Waals surface area contributed by atoms with Crippen molar-refractivity contribution >= 4 is 0 Å². The monoisotopic (exact) mass is 264 g/mol. The fourth-order valence-electron chi connectivity index (χ4n) is 2.16. The van der Waals surface area contributed by atoms with E-state index in [0.717, 1.165) is 19.4 Å². The molecule has 1 atom stereocenters. The van der Waals surface area contributed by atoms with Crippen LogP contribution >= 0.6 is 0 Å². The van der Waals surface area contributed by atoms with Gasteiger partial charge in [0.15, 0.2) is 0 Å². The lowest BCUT2D eigenvalue weighted by Crippen LogP contribution is -2.35. The molecule has 3 nitrogen and oxygen atoms in total. The van der Waals surface area contributed by atoms with Crippen molar-refractivity contribution in [3.8, 4) is 0 Å². The summed E-state index contributed by atoms with van der Waals surface area (Å²) in [7, 11) is 2.02. The molecule has 0 bridgehead atoms. The Morgan fingerprint density at radius 3 is 2.26 bits per heavy atom. The first-order valence-corrected chi connectivity index (χ1v) is 7.15. The Hall–Kier alpha value is -0.900. The van der Waals surface area contributed by atoms with Gasteiger partial charge in [-0.2, -0.15) is 0 Å². The predicted molar refractivity (Wildman–Crippen MR) is 81.2 cm³/mol. The first-order valence-electron chi connectivity index (χ1n) is 7.15. The average molecular weight is 264 g/mol. The van der Waals surface area contributed by atoms with Crippen molar-refractivity contribution in [3.05, 3.63) is 35.4 Å². The van der Waals surface area contributed by atoms with Gasteiger partial charge in [-0.05, 0) is 36.9 Å². The zero-order chi connectivity index (χ0) is 14.3. The van der Waals surface area contributed by atoms with Gasteiger partial charge < -0.3 is 15.7 Å². The minimum atomic E-state index is -0.418. The lowest BCUT2D eigenvalue weighted by molar-refractivity contribution is 0.133. The summed E-state index contributed by atoms with van der Waals surface area (Å²) in [6.07, 6.45) is 1.73. The Bertz CT molecular complexity index is 348. The van der Waals surface area contributed by atoms with E-state index < -0.39 is 6.10 Å². The fraction of sp³-hybridized carbons (Fsp3) is 0.625. The van der Waals surface area contributed by atoms with Crippen LogP contribution in [0.15, 0.2) is 24.3 Å². The number of hydrogen-bond donors (Lipinski definition) is 2. The number of benzene rings is 1. The molecule has 0 spiro atoms. The van der Waals surface area contributed by atoms with Crippen LogP contribution in [0.5, 0.6) is 0 Å². The van der Waals surface area contributed by atoms with Gasteiger partial charge in [0, 0.05) is 19.6 Å². The smallest absolute Gasteiger partial charge is 0.0788 e. The van der Waals surface area contributed by atoms with Gasteiger partial charge in [-0.25, -0.2) is 0 Å². The summed E-state index contributed by atoms with van der Waals surface area (Å²) < 4.78 is 0. The highest BCUT2D eigenvalue weighted by Crippen LogP contribution is 2.10. The molecule has 1 aromatic carbocycles. The molecule has 0 fully saturated rings. The van der Waals surface area contributed by atoms with Crippen LogP contribution in [-0.4, -0.2) is 42.8 Å². The van der Waals surface area contributed by atoms with Gasteiger partial charge in [0.2, 0.25) is 0 Å². The van der Waals surface area contributed by atoms with E-state index in [2.05, 4.69) is 43.0 Å². The second kappa shape index (κ2) is 8.31. The maximum atomic E-state index is 9.48. The van der Waals surface area contributed by atoms with Crippen molar-refractivity contribution < 1.29 is 5.11 Å². The molecule has 0 heterocycles. The van der Waals surface area contributed by atoms with E-state index in [9.17, 15) is 5.11 Å². The number of aliphatic hydroxyl groups is 1. The van der Waals surface area contributed by atoms with Crippen molar-refractivity contribution in [1.29, 1.82) is 0 Å². The molecule has 3 N–H and O–H groups in total. The Labute approximate surface area is 117 Å². The zero-order valence-electron chi connectivity index (χ0n) is 12.5. The van der Waals surface area contributed by atoms with Crippen molar-refractivity contribution in [2.75, 3.05) is 26.7 Å².